The first-order chi connectivity index (χ1) is 8.97. The zero-order valence-corrected chi connectivity index (χ0v) is 10.7. The van der Waals surface area contributed by atoms with Crippen molar-refractivity contribution in [3.8, 4) is 5.75 Å². The number of primary amides is 1. The number of methoxy groups -OCH3 is 1. The number of rotatable bonds is 3. The summed E-state index contributed by atoms with van der Waals surface area (Å²) in [5, 5.41) is 1.02. The highest BCUT2D eigenvalue weighted by Gasteiger charge is 2.15. The third-order valence-corrected chi connectivity index (χ3v) is 3.16. The first-order valence-electron chi connectivity index (χ1n) is 5.74. The molecule has 6 heteroatoms. The fourth-order valence-corrected chi connectivity index (χ4v) is 1.96. The summed E-state index contributed by atoms with van der Waals surface area (Å²) in [5.74, 6) is -0.0597. The molecule has 19 heavy (non-hydrogen) atoms. The molecule has 0 aliphatic rings. The second-order valence-electron chi connectivity index (χ2n) is 4.25. The van der Waals surface area contributed by atoms with Crippen molar-refractivity contribution in [1.82, 2.24) is 4.57 Å². The number of amides is 1. The minimum absolute atomic E-state index is 0.307. The van der Waals surface area contributed by atoms with Gasteiger partial charge in [0.15, 0.2) is 0 Å². The number of aromatic nitrogens is 1. The number of ether oxygens (including phenoxy) is 1. The number of benzene rings is 1. The van der Waals surface area contributed by atoms with Gasteiger partial charge < -0.3 is 20.8 Å². The van der Waals surface area contributed by atoms with Gasteiger partial charge in [-0.05, 0) is 25.1 Å². The van der Waals surface area contributed by atoms with Crippen LogP contribution < -0.4 is 21.8 Å². The molecule has 0 aliphatic carbocycles. The summed E-state index contributed by atoms with van der Waals surface area (Å²) < 4.78 is 6.39. The van der Waals surface area contributed by atoms with Crippen molar-refractivity contribution in [3.05, 3.63) is 34.7 Å². The molecule has 2 rings (SSSR count). The number of hydrogen-bond donors (Lipinski definition) is 2. The van der Waals surface area contributed by atoms with Gasteiger partial charge in [0.05, 0.1) is 12.8 Å². The van der Waals surface area contributed by atoms with Gasteiger partial charge in [0.25, 0.3) is 5.56 Å². The van der Waals surface area contributed by atoms with Crippen LogP contribution in [0.5, 0.6) is 5.75 Å². The Balaban J connectivity index is 2.74. The highest BCUT2D eigenvalue weighted by Crippen LogP contribution is 2.28. The van der Waals surface area contributed by atoms with Crippen molar-refractivity contribution in [2.24, 2.45) is 5.73 Å². The molecule has 0 saturated carbocycles. The molecule has 0 radical (unpaired) electrons. The van der Waals surface area contributed by atoms with E-state index < -0.39 is 11.9 Å². The Morgan fingerprint density at radius 3 is 2.58 bits per heavy atom. The molecule has 6 nitrogen and oxygen atoms in total. The number of fused-ring (bicyclic) bond motifs is 1. The number of hydrogen-bond acceptors (Lipinski definition) is 4. The fourth-order valence-electron chi connectivity index (χ4n) is 1.96. The Morgan fingerprint density at radius 1 is 1.32 bits per heavy atom. The number of carbonyl (C=O) groups is 1. The second-order valence-corrected chi connectivity index (χ2v) is 4.25. The van der Waals surface area contributed by atoms with E-state index in [4.69, 9.17) is 16.2 Å². The lowest BCUT2D eigenvalue weighted by Gasteiger charge is -2.13. The molecule has 0 saturated heterocycles. The molecule has 100 valence electrons. The largest absolute Gasteiger partial charge is 0.495 e. The van der Waals surface area contributed by atoms with E-state index in [9.17, 15) is 9.59 Å². The lowest BCUT2D eigenvalue weighted by Crippen LogP contribution is -2.31. The Bertz CT molecular complexity index is 706. The van der Waals surface area contributed by atoms with Crippen molar-refractivity contribution in [1.29, 1.82) is 0 Å². The van der Waals surface area contributed by atoms with Crippen LogP contribution in [0.1, 0.15) is 13.0 Å². The average Bonchev–Trinajstić information content (AvgIpc) is 2.39. The molecule has 0 fully saturated rings. The SMILES string of the molecule is COc1ccc2c(=O)n(C(C)C(N)=O)ccc2c1N. The summed E-state index contributed by atoms with van der Waals surface area (Å²) in [6, 6.07) is 4.21. The van der Waals surface area contributed by atoms with Crippen LogP contribution in [0.25, 0.3) is 10.8 Å². The third kappa shape index (κ3) is 2.01. The lowest BCUT2D eigenvalue weighted by molar-refractivity contribution is -0.120. The topological polar surface area (TPSA) is 100 Å². The van der Waals surface area contributed by atoms with E-state index in [-0.39, 0.29) is 5.56 Å². The van der Waals surface area contributed by atoms with Crippen LogP contribution in [-0.2, 0) is 4.79 Å². The summed E-state index contributed by atoms with van der Waals surface area (Å²) in [5.41, 5.74) is 11.2. The molecule has 2 aromatic rings. The van der Waals surface area contributed by atoms with Crippen LogP contribution in [-0.4, -0.2) is 17.6 Å². The number of nitrogens with two attached hydrogens (primary N) is 2. The van der Waals surface area contributed by atoms with E-state index in [1.54, 1.807) is 25.1 Å². The summed E-state index contributed by atoms with van der Waals surface area (Å²) in [4.78, 5) is 23.5. The maximum absolute atomic E-state index is 12.3. The first kappa shape index (κ1) is 12.9. The number of carbonyl (C=O) groups excluding carboxylic acids is 1. The van der Waals surface area contributed by atoms with Crippen LogP contribution in [0.4, 0.5) is 5.69 Å². The fraction of sp³-hybridized carbons (Fsp3) is 0.231. The zero-order valence-electron chi connectivity index (χ0n) is 10.7. The Morgan fingerprint density at radius 2 is 2.00 bits per heavy atom. The van der Waals surface area contributed by atoms with Crippen molar-refractivity contribution >= 4 is 22.4 Å². The Kier molecular flexibility index (Phi) is 3.16. The first-order valence-corrected chi connectivity index (χ1v) is 5.74. The van der Waals surface area contributed by atoms with Gasteiger partial charge in [-0.15, -0.1) is 0 Å². The van der Waals surface area contributed by atoms with Crippen LogP contribution in [0.2, 0.25) is 0 Å². The van der Waals surface area contributed by atoms with Gasteiger partial charge in [-0.25, -0.2) is 0 Å². The van der Waals surface area contributed by atoms with Crippen molar-refractivity contribution in [2.45, 2.75) is 13.0 Å². The summed E-state index contributed by atoms with van der Waals surface area (Å²) in [6.45, 7) is 1.57. The maximum Gasteiger partial charge on any atom is 0.259 e. The van der Waals surface area contributed by atoms with Crippen molar-refractivity contribution in [3.63, 3.8) is 0 Å². The van der Waals surface area contributed by atoms with Gasteiger partial charge in [0.1, 0.15) is 11.8 Å². The summed E-state index contributed by atoms with van der Waals surface area (Å²) in [7, 11) is 1.51. The van der Waals surface area contributed by atoms with Crippen LogP contribution >= 0.6 is 0 Å². The molecular formula is C13H15N3O3. The molecule has 1 aromatic carbocycles. The van der Waals surface area contributed by atoms with E-state index in [1.807, 2.05) is 0 Å². The lowest BCUT2D eigenvalue weighted by atomic mass is 10.1. The zero-order chi connectivity index (χ0) is 14.2. The van der Waals surface area contributed by atoms with E-state index in [0.29, 0.717) is 22.2 Å². The summed E-state index contributed by atoms with van der Waals surface area (Å²) in [6.07, 6.45) is 1.51. The Labute approximate surface area is 109 Å². The predicted octanol–water partition coefficient (Wildman–Crippen LogP) is 0.639. The highest BCUT2D eigenvalue weighted by molar-refractivity contribution is 5.95. The molecule has 1 atom stereocenters. The molecule has 1 unspecified atom stereocenters. The average molecular weight is 261 g/mol. The minimum Gasteiger partial charge on any atom is -0.495 e. The Hall–Kier alpha value is -2.50. The highest BCUT2D eigenvalue weighted by atomic mass is 16.5. The predicted molar refractivity (Wildman–Crippen MR) is 73.1 cm³/mol. The van der Waals surface area contributed by atoms with Gasteiger partial charge in [-0.1, -0.05) is 0 Å². The van der Waals surface area contributed by atoms with Crippen molar-refractivity contribution < 1.29 is 9.53 Å². The second kappa shape index (κ2) is 4.64. The van der Waals surface area contributed by atoms with E-state index in [0.717, 1.165) is 0 Å². The van der Waals surface area contributed by atoms with Crippen LogP contribution in [0.3, 0.4) is 0 Å². The molecule has 1 aromatic heterocycles. The smallest absolute Gasteiger partial charge is 0.259 e. The number of nitrogens with zero attached hydrogens (tertiary/aromatic N) is 1. The van der Waals surface area contributed by atoms with Gasteiger partial charge in [-0.2, -0.15) is 0 Å². The normalized spacial score (nSPS) is 12.3. The molecule has 4 N–H and O–H groups in total. The molecule has 1 amide bonds. The number of anilines is 1. The standard InChI is InChI=1S/C13H15N3O3/c1-7(12(15)17)16-6-5-8-9(13(16)18)3-4-10(19-2)11(8)14/h3-7H,14H2,1-2H3,(H2,15,17). The van der Waals surface area contributed by atoms with Gasteiger partial charge in [-0.3, -0.25) is 9.59 Å². The monoisotopic (exact) mass is 261 g/mol. The van der Waals surface area contributed by atoms with Gasteiger partial charge >= 0.3 is 0 Å². The molecule has 0 spiro atoms. The number of pyridine rings is 1. The van der Waals surface area contributed by atoms with Crippen LogP contribution in [0.15, 0.2) is 29.2 Å². The van der Waals surface area contributed by atoms with E-state index in [1.165, 1.54) is 17.9 Å². The van der Waals surface area contributed by atoms with Crippen molar-refractivity contribution in [2.75, 3.05) is 12.8 Å². The molecule has 1 heterocycles. The quantitative estimate of drug-likeness (QED) is 0.792. The molecule has 0 bridgehead atoms. The summed E-state index contributed by atoms with van der Waals surface area (Å²) >= 11 is 0. The third-order valence-electron chi connectivity index (χ3n) is 3.16. The van der Waals surface area contributed by atoms with E-state index >= 15 is 0 Å². The molecule has 0 aliphatic heterocycles. The van der Waals surface area contributed by atoms with Gasteiger partial charge in [0.2, 0.25) is 5.91 Å². The van der Waals surface area contributed by atoms with Gasteiger partial charge in [0, 0.05) is 17.0 Å². The number of nitrogen functional groups attached to an aromatic ring is 1. The maximum atomic E-state index is 12.3. The molecular weight excluding hydrogens is 246 g/mol. The van der Waals surface area contributed by atoms with Crippen LogP contribution in [0, 0.1) is 0 Å². The van der Waals surface area contributed by atoms with E-state index in [2.05, 4.69) is 0 Å². The minimum atomic E-state index is -0.708.